The molecule has 1 aliphatic heterocycles. The normalized spacial score (nSPS) is 14.7. The van der Waals surface area contributed by atoms with Crippen LogP contribution in [0.3, 0.4) is 0 Å². The number of carbonyl (C=O) groups excluding carboxylic acids is 3. The fraction of sp³-hybridized carbons (Fsp3) is 0.296. The number of nitrogens with zero attached hydrogens (tertiary/aromatic N) is 1. The van der Waals surface area contributed by atoms with Gasteiger partial charge in [-0.1, -0.05) is 36.4 Å². The summed E-state index contributed by atoms with van der Waals surface area (Å²) in [5.41, 5.74) is 2.66. The Morgan fingerprint density at radius 1 is 1.00 bits per heavy atom. The zero-order valence-electron chi connectivity index (χ0n) is 19.8. The van der Waals surface area contributed by atoms with Crippen LogP contribution in [-0.4, -0.2) is 49.8 Å². The Kier molecular flexibility index (Phi) is 7.82. The van der Waals surface area contributed by atoms with Crippen molar-refractivity contribution in [2.45, 2.75) is 25.3 Å². The van der Waals surface area contributed by atoms with Gasteiger partial charge in [-0.05, 0) is 41.1 Å². The fourth-order valence-corrected chi connectivity index (χ4v) is 5.18. The van der Waals surface area contributed by atoms with E-state index in [0.29, 0.717) is 30.0 Å². The van der Waals surface area contributed by atoms with Crippen LogP contribution in [0.2, 0.25) is 0 Å². The van der Waals surface area contributed by atoms with Crippen LogP contribution in [0.25, 0.3) is 0 Å². The summed E-state index contributed by atoms with van der Waals surface area (Å²) in [5.74, 6) is 0.690. The van der Waals surface area contributed by atoms with Gasteiger partial charge < -0.3 is 19.7 Å². The van der Waals surface area contributed by atoms with Crippen LogP contribution in [0.1, 0.15) is 45.2 Å². The zero-order chi connectivity index (χ0) is 24.8. The highest BCUT2D eigenvalue weighted by Crippen LogP contribution is 2.42. The van der Waals surface area contributed by atoms with Gasteiger partial charge in [-0.3, -0.25) is 14.4 Å². The first-order valence-corrected chi connectivity index (χ1v) is 12.3. The molecule has 1 atom stereocenters. The Balaban J connectivity index is 1.44. The summed E-state index contributed by atoms with van der Waals surface area (Å²) < 4.78 is 11.0. The van der Waals surface area contributed by atoms with Crippen LogP contribution < -0.4 is 14.8 Å². The minimum Gasteiger partial charge on any atom is -0.493 e. The monoisotopic (exact) mass is 492 g/mol. The number of fused-ring (bicyclic) bond motifs is 1. The highest BCUT2D eigenvalue weighted by molar-refractivity contribution is 7.10. The largest absolute Gasteiger partial charge is 0.493 e. The van der Waals surface area contributed by atoms with E-state index in [1.54, 1.807) is 49.8 Å². The quantitative estimate of drug-likeness (QED) is 0.456. The number of rotatable bonds is 9. The number of ketones is 1. The van der Waals surface area contributed by atoms with Gasteiger partial charge in [-0.2, -0.15) is 0 Å². The van der Waals surface area contributed by atoms with E-state index in [-0.39, 0.29) is 43.0 Å². The van der Waals surface area contributed by atoms with Crippen molar-refractivity contribution < 1.29 is 23.9 Å². The second kappa shape index (κ2) is 11.2. The van der Waals surface area contributed by atoms with Crippen molar-refractivity contribution in [2.24, 2.45) is 0 Å². The van der Waals surface area contributed by atoms with Crippen molar-refractivity contribution in [3.8, 4) is 11.5 Å². The molecule has 0 spiro atoms. The topological polar surface area (TPSA) is 84.9 Å². The molecule has 0 fully saturated rings. The number of hydrogen-bond donors (Lipinski definition) is 1. The van der Waals surface area contributed by atoms with Crippen molar-refractivity contribution in [1.82, 2.24) is 10.2 Å². The van der Waals surface area contributed by atoms with Gasteiger partial charge in [-0.15, -0.1) is 11.3 Å². The number of amides is 2. The molecule has 0 radical (unpaired) electrons. The van der Waals surface area contributed by atoms with E-state index in [4.69, 9.17) is 9.47 Å². The highest BCUT2D eigenvalue weighted by Gasteiger charge is 2.34. The molecule has 1 N–H and O–H groups in total. The minimum absolute atomic E-state index is 0.0212. The first kappa shape index (κ1) is 24.5. The molecule has 1 aliphatic rings. The van der Waals surface area contributed by atoms with E-state index in [1.807, 2.05) is 40.6 Å². The fourth-order valence-electron chi connectivity index (χ4n) is 4.33. The lowest BCUT2D eigenvalue weighted by Gasteiger charge is -2.37. The number of methoxy groups -OCH3 is 2. The van der Waals surface area contributed by atoms with E-state index in [2.05, 4.69) is 5.32 Å². The van der Waals surface area contributed by atoms with Gasteiger partial charge in [0.05, 0.1) is 26.8 Å². The number of ether oxygens (including phenoxy) is 2. The second-order valence-corrected chi connectivity index (χ2v) is 9.21. The molecular formula is C27H28N2O5S. The Morgan fingerprint density at radius 2 is 1.74 bits per heavy atom. The van der Waals surface area contributed by atoms with Gasteiger partial charge in [0.2, 0.25) is 11.8 Å². The van der Waals surface area contributed by atoms with Gasteiger partial charge in [0.15, 0.2) is 17.3 Å². The highest BCUT2D eigenvalue weighted by atomic mass is 32.1. The van der Waals surface area contributed by atoms with Crippen LogP contribution >= 0.6 is 11.3 Å². The van der Waals surface area contributed by atoms with E-state index in [0.717, 1.165) is 16.0 Å². The average Bonchev–Trinajstić information content (AvgIpc) is 3.43. The van der Waals surface area contributed by atoms with Crippen LogP contribution in [0.5, 0.6) is 11.5 Å². The first-order chi connectivity index (χ1) is 17.0. The van der Waals surface area contributed by atoms with Gasteiger partial charge in [0.25, 0.3) is 0 Å². The maximum Gasteiger partial charge on any atom is 0.223 e. The van der Waals surface area contributed by atoms with Crippen molar-refractivity contribution >= 4 is 28.9 Å². The van der Waals surface area contributed by atoms with Crippen LogP contribution in [0.4, 0.5) is 0 Å². The molecule has 3 aromatic rings. The minimum atomic E-state index is -0.320. The third kappa shape index (κ3) is 5.54. The van der Waals surface area contributed by atoms with Crippen LogP contribution in [-0.2, 0) is 16.0 Å². The Bertz CT molecular complexity index is 1190. The van der Waals surface area contributed by atoms with Gasteiger partial charge >= 0.3 is 0 Å². The molecule has 7 nitrogen and oxygen atoms in total. The molecule has 0 unspecified atom stereocenters. The lowest BCUT2D eigenvalue weighted by atomic mass is 9.90. The molecule has 0 saturated heterocycles. The van der Waals surface area contributed by atoms with Gasteiger partial charge in [0, 0.05) is 29.8 Å². The number of thiophene rings is 1. The Morgan fingerprint density at radius 3 is 2.43 bits per heavy atom. The number of nitrogens with one attached hydrogen (secondary N) is 1. The molecule has 35 heavy (non-hydrogen) atoms. The molecule has 0 aliphatic carbocycles. The maximum atomic E-state index is 13.3. The molecule has 2 aromatic carbocycles. The van der Waals surface area contributed by atoms with Gasteiger partial charge in [-0.25, -0.2) is 0 Å². The third-order valence-corrected chi connectivity index (χ3v) is 7.04. The number of Topliss-reactive ketones (excluding diaryl/α,β-unsaturated/α-hetero) is 1. The Labute approximate surface area is 208 Å². The molecule has 0 saturated carbocycles. The van der Waals surface area contributed by atoms with Crippen LogP contribution in [0.15, 0.2) is 60.0 Å². The molecule has 0 bridgehead atoms. The molecular weight excluding hydrogens is 464 g/mol. The summed E-state index contributed by atoms with van der Waals surface area (Å²) in [6.07, 6.45) is 0.768. The predicted octanol–water partition coefficient (Wildman–Crippen LogP) is 4.02. The van der Waals surface area contributed by atoms with Crippen molar-refractivity contribution in [3.63, 3.8) is 0 Å². The van der Waals surface area contributed by atoms with E-state index >= 15 is 0 Å². The molecule has 8 heteroatoms. The summed E-state index contributed by atoms with van der Waals surface area (Å²) in [6, 6.07) is 16.5. The first-order valence-electron chi connectivity index (χ1n) is 11.4. The second-order valence-electron chi connectivity index (χ2n) is 8.23. The molecule has 2 amide bonds. The maximum absolute atomic E-state index is 13.3. The summed E-state index contributed by atoms with van der Waals surface area (Å²) in [5, 5.41) is 4.62. The van der Waals surface area contributed by atoms with E-state index in [9.17, 15) is 14.4 Å². The van der Waals surface area contributed by atoms with E-state index in [1.165, 1.54) is 0 Å². The number of benzene rings is 2. The summed E-state index contributed by atoms with van der Waals surface area (Å²) in [4.78, 5) is 40.7. The SMILES string of the molecule is COc1cc2c(cc1OC)[C@H](c1cccs1)N(C(=O)CCC(=O)NCC(=O)c1ccccc1)CC2. The van der Waals surface area contributed by atoms with Crippen molar-refractivity contribution in [1.29, 1.82) is 0 Å². The van der Waals surface area contributed by atoms with Crippen molar-refractivity contribution in [3.05, 3.63) is 81.5 Å². The lowest BCUT2D eigenvalue weighted by Crippen LogP contribution is -2.41. The number of hydrogen-bond acceptors (Lipinski definition) is 6. The zero-order valence-corrected chi connectivity index (χ0v) is 20.6. The van der Waals surface area contributed by atoms with Gasteiger partial charge in [0.1, 0.15) is 0 Å². The molecule has 182 valence electrons. The summed E-state index contributed by atoms with van der Waals surface area (Å²) in [7, 11) is 3.20. The smallest absolute Gasteiger partial charge is 0.223 e. The third-order valence-electron chi connectivity index (χ3n) is 6.11. The van der Waals surface area contributed by atoms with E-state index < -0.39 is 0 Å². The van der Waals surface area contributed by atoms with Crippen LogP contribution in [0, 0.1) is 0 Å². The summed E-state index contributed by atoms with van der Waals surface area (Å²) in [6.45, 7) is 0.450. The number of carbonyl (C=O) groups is 3. The average molecular weight is 493 g/mol. The molecule has 1 aromatic heterocycles. The summed E-state index contributed by atoms with van der Waals surface area (Å²) >= 11 is 1.59. The molecule has 4 rings (SSSR count). The standard InChI is InChI=1S/C27H28N2O5S/c1-33-22-15-19-12-13-29(27(24-9-6-14-35-24)20(19)16-23(22)34-2)26(32)11-10-25(31)28-17-21(30)18-7-4-3-5-8-18/h3-9,14-16,27H,10-13,17H2,1-2H3,(H,28,31)/t27-/m1/s1. The lowest BCUT2D eigenvalue weighted by molar-refractivity contribution is -0.135. The van der Waals surface area contributed by atoms with Crippen molar-refractivity contribution in [2.75, 3.05) is 27.3 Å². The molecule has 2 heterocycles. The Hall–Kier alpha value is -3.65. The predicted molar refractivity (Wildman–Crippen MR) is 134 cm³/mol.